The third-order valence-corrected chi connectivity index (χ3v) is 1.71. The molecule has 66 valence electrons. The number of anilines is 1. The maximum atomic E-state index is 11.3. The highest BCUT2D eigenvalue weighted by Gasteiger charge is 2.04. The van der Waals surface area contributed by atoms with E-state index < -0.39 is 0 Å². The monoisotopic (exact) mass is 177 g/mol. The molecule has 6 nitrogen and oxygen atoms in total. The summed E-state index contributed by atoms with van der Waals surface area (Å²) in [5.41, 5.74) is 6.18. The van der Waals surface area contributed by atoms with Crippen molar-refractivity contribution in [2.45, 2.75) is 6.92 Å². The van der Waals surface area contributed by atoms with E-state index in [1.54, 1.807) is 6.92 Å². The average molecular weight is 177 g/mol. The summed E-state index contributed by atoms with van der Waals surface area (Å²) < 4.78 is 0. The second-order valence-electron chi connectivity index (χ2n) is 2.64. The van der Waals surface area contributed by atoms with Crippen molar-refractivity contribution in [1.29, 1.82) is 0 Å². The number of hydrogen-bond acceptors (Lipinski definition) is 5. The zero-order valence-electron chi connectivity index (χ0n) is 6.90. The SMILES string of the molecule is Cc1nncc2c(=O)[nH]c(N)nc12. The Morgan fingerprint density at radius 1 is 1.54 bits per heavy atom. The fraction of sp³-hybridized carbons (Fsp3) is 0.143. The molecule has 0 fully saturated rings. The molecule has 0 aliphatic carbocycles. The summed E-state index contributed by atoms with van der Waals surface area (Å²) in [6, 6.07) is 0. The van der Waals surface area contributed by atoms with Gasteiger partial charge >= 0.3 is 0 Å². The molecule has 0 aliphatic rings. The topological polar surface area (TPSA) is 97.5 Å². The Morgan fingerprint density at radius 3 is 3.08 bits per heavy atom. The molecule has 0 atom stereocenters. The van der Waals surface area contributed by atoms with E-state index >= 15 is 0 Å². The Hall–Kier alpha value is -1.98. The third-order valence-electron chi connectivity index (χ3n) is 1.71. The van der Waals surface area contributed by atoms with E-state index in [0.29, 0.717) is 16.6 Å². The maximum Gasteiger partial charge on any atom is 0.261 e. The molecule has 0 spiro atoms. The average Bonchev–Trinajstić information content (AvgIpc) is 2.07. The molecular weight excluding hydrogens is 170 g/mol. The number of aryl methyl sites for hydroxylation is 1. The van der Waals surface area contributed by atoms with Crippen LogP contribution in [0.25, 0.3) is 10.9 Å². The van der Waals surface area contributed by atoms with Crippen molar-refractivity contribution in [1.82, 2.24) is 20.2 Å². The van der Waals surface area contributed by atoms with Crippen molar-refractivity contribution >= 4 is 16.9 Å². The highest BCUT2D eigenvalue weighted by molar-refractivity contribution is 5.78. The first-order chi connectivity index (χ1) is 6.18. The molecule has 0 unspecified atom stereocenters. The van der Waals surface area contributed by atoms with Crippen LogP contribution in [0.5, 0.6) is 0 Å². The van der Waals surface area contributed by atoms with Gasteiger partial charge in [-0.3, -0.25) is 9.78 Å². The van der Waals surface area contributed by atoms with Gasteiger partial charge in [0.2, 0.25) is 5.95 Å². The number of aromatic amines is 1. The van der Waals surface area contributed by atoms with Crippen molar-refractivity contribution in [3.05, 3.63) is 22.2 Å². The van der Waals surface area contributed by atoms with Crippen LogP contribution in [0.15, 0.2) is 11.0 Å². The molecule has 0 amide bonds. The van der Waals surface area contributed by atoms with Gasteiger partial charge in [-0.05, 0) is 6.92 Å². The predicted octanol–water partition coefficient (Wildman–Crippen LogP) is -0.396. The number of nitrogens with two attached hydrogens (primary N) is 1. The van der Waals surface area contributed by atoms with Crippen molar-refractivity contribution in [2.24, 2.45) is 0 Å². The van der Waals surface area contributed by atoms with Crippen LogP contribution in [-0.4, -0.2) is 20.2 Å². The molecule has 0 aliphatic heterocycles. The Morgan fingerprint density at radius 2 is 2.31 bits per heavy atom. The minimum atomic E-state index is -0.291. The van der Waals surface area contributed by atoms with Crippen molar-refractivity contribution in [3.8, 4) is 0 Å². The molecule has 2 aromatic heterocycles. The van der Waals surface area contributed by atoms with E-state index in [0.717, 1.165) is 0 Å². The summed E-state index contributed by atoms with van der Waals surface area (Å²) in [5, 5.41) is 7.83. The fourth-order valence-electron chi connectivity index (χ4n) is 1.12. The number of nitrogen functional groups attached to an aromatic ring is 1. The molecule has 2 rings (SSSR count). The summed E-state index contributed by atoms with van der Waals surface area (Å²) >= 11 is 0. The van der Waals surface area contributed by atoms with Crippen LogP contribution in [0.1, 0.15) is 5.69 Å². The lowest BCUT2D eigenvalue weighted by molar-refractivity contribution is 0.987. The van der Waals surface area contributed by atoms with Crippen LogP contribution in [-0.2, 0) is 0 Å². The van der Waals surface area contributed by atoms with E-state index in [-0.39, 0.29) is 11.5 Å². The van der Waals surface area contributed by atoms with Crippen LogP contribution in [0.2, 0.25) is 0 Å². The minimum absolute atomic E-state index is 0.0913. The number of H-pyrrole nitrogens is 1. The van der Waals surface area contributed by atoms with Crippen LogP contribution in [0.4, 0.5) is 5.95 Å². The van der Waals surface area contributed by atoms with Crippen LogP contribution in [0, 0.1) is 6.92 Å². The standard InChI is InChI=1S/C7H7N5O/c1-3-5-4(2-9-12-3)6(13)11-7(8)10-5/h2H,1H3,(H3,8,10,11,13). The summed E-state index contributed by atoms with van der Waals surface area (Å²) in [6.45, 7) is 1.72. The zero-order chi connectivity index (χ0) is 9.42. The Balaban J connectivity index is 3.03. The first-order valence-corrected chi connectivity index (χ1v) is 3.66. The number of aromatic nitrogens is 4. The smallest absolute Gasteiger partial charge is 0.261 e. The zero-order valence-corrected chi connectivity index (χ0v) is 6.90. The fourth-order valence-corrected chi connectivity index (χ4v) is 1.12. The van der Waals surface area contributed by atoms with Gasteiger partial charge in [0.15, 0.2) is 0 Å². The molecule has 0 saturated carbocycles. The molecular formula is C7H7N5O. The van der Waals surface area contributed by atoms with Gasteiger partial charge in [-0.25, -0.2) is 4.98 Å². The van der Waals surface area contributed by atoms with Gasteiger partial charge < -0.3 is 5.73 Å². The summed E-state index contributed by atoms with van der Waals surface area (Å²) in [6.07, 6.45) is 1.37. The van der Waals surface area contributed by atoms with Gasteiger partial charge in [0.05, 0.1) is 17.3 Å². The first-order valence-electron chi connectivity index (χ1n) is 3.66. The van der Waals surface area contributed by atoms with Gasteiger partial charge in [0, 0.05) is 0 Å². The summed E-state index contributed by atoms with van der Waals surface area (Å²) in [5.74, 6) is 0.0913. The quantitative estimate of drug-likeness (QED) is 0.570. The van der Waals surface area contributed by atoms with Crippen LogP contribution >= 0.6 is 0 Å². The number of nitrogens with one attached hydrogen (secondary N) is 1. The Labute approximate surface area is 72.8 Å². The van der Waals surface area contributed by atoms with Crippen LogP contribution < -0.4 is 11.3 Å². The number of hydrogen-bond donors (Lipinski definition) is 2. The second-order valence-corrected chi connectivity index (χ2v) is 2.64. The lowest BCUT2D eigenvalue weighted by Gasteiger charge is -1.98. The third kappa shape index (κ3) is 1.12. The Kier molecular flexibility index (Phi) is 1.48. The van der Waals surface area contributed by atoms with E-state index in [1.165, 1.54) is 6.20 Å². The molecule has 0 saturated heterocycles. The van der Waals surface area contributed by atoms with Gasteiger partial charge in [0.25, 0.3) is 5.56 Å². The maximum absolute atomic E-state index is 11.3. The molecule has 0 bridgehead atoms. The summed E-state index contributed by atoms with van der Waals surface area (Å²) in [4.78, 5) is 17.6. The second kappa shape index (κ2) is 2.51. The van der Waals surface area contributed by atoms with E-state index in [9.17, 15) is 4.79 Å². The highest BCUT2D eigenvalue weighted by atomic mass is 16.1. The van der Waals surface area contributed by atoms with Gasteiger partial charge in [0.1, 0.15) is 5.52 Å². The normalized spacial score (nSPS) is 10.5. The van der Waals surface area contributed by atoms with E-state index in [4.69, 9.17) is 5.73 Å². The Bertz CT molecular complexity index is 518. The van der Waals surface area contributed by atoms with Gasteiger partial charge in [-0.2, -0.15) is 10.2 Å². The van der Waals surface area contributed by atoms with Crippen molar-refractivity contribution in [2.75, 3.05) is 5.73 Å². The molecule has 0 radical (unpaired) electrons. The molecule has 2 heterocycles. The lowest BCUT2D eigenvalue weighted by atomic mass is 10.3. The molecule has 0 aromatic carbocycles. The number of fused-ring (bicyclic) bond motifs is 1. The lowest BCUT2D eigenvalue weighted by Crippen LogP contribution is -2.12. The van der Waals surface area contributed by atoms with E-state index in [1.807, 2.05) is 0 Å². The molecule has 13 heavy (non-hydrogen) atoms. The molecule has 2 aromatic rings. The van der Waals surface area contributed by atoms with E-state index in [2.05, 4.69) is 20.2 Å². The minimum Gasteiger partial charge on any atom is -0.369 e. The number of nitrogens with zero attached hydrogens (tertiary/aromatic N) is 3. The van der Waals surface area contributed by atoms with Crippen molar-refractivity contribution < 1.29 is 0 Å². The largest absolute Gasteiger partial charge is 0.369 e. The molecule has 3 N–H and O–H groups in total. The first kappa shape index (κ1) is 7.66. The predicted molar refractivity (Wildman–Crippen MR) is 47.1 cm³/mol. The van der Waals surface area contributed by atoms with Gasteiger partial charge in [-0.15, -0.1) is 0 Å². The van der Waals surface area contributed by atoms with Crippen molar-refractivity contribution in [3.63, 3.8) is 0 Å². The highest BCUT2D eigenvalue weighted by Crippen LogP contribution is 2.07. The number of rotatable bonds is 0. The van der Waals surface area contributed by atoms with Crippen LogP contribution in [0.3, 0.4) is 0 Å². The van der Waals surface area contributed by atoms with Gasteiger partial charge in [-0.1, -0.05) is 0 Å². The summed E-state index contributed by atoms with van der Waals surface area (Å²) in [7, 11) is 0. The molecule has 6 heteroatoms.